The van der Waals surface area contributed by atoms with Gasteiger partial charge in [0.25, 0.3) is 11.5 Å². The summed E-state index contributed by atoms with van der Waals surface area (Å²) in [5.74, 6) is -0.445. The summed E-state index contributed by atoms with van der Waals surface area (Å²) in [6.45, 7) is -0.0502. The predicted octanol–water partition coefficient (Wildman–Crippen LogP) is 3.84. The first kappa shape index (κ1) is 23.5. The highest BCUT2D eigenvalue weighted by Gasteiger charge is 2.24. The molecule has 0 fully saturated rings. The lowest BCUT2D eigenvalue weighted by atomic mass is 10.0. The Hall–Kier alpha value is -4.27. The van der Waals surface area contributed by atoms with Gasteiger partial charge in [0.05, 0.1) is 24.5 Å². The summed E-state index contributed by atoms with van der Waals surface area (Å²) in [4.78, 5) is 29.5. The van der Waals surface area contributed by atoms with Crippen LogP contribution in [0, 0.1) is 0 Å². The van der Waals surface area contributed by atoms with Gasteiger partial charge < -0.3 is 20.1 Å². The van der Waals surface area contributed by atoms with Crippen molar-refractivity contribution in [3.8, 4) is 11.3 Å². The summed E-state index contributed by atoms with van der Waals surface area (Å²) in [5.41, 5.74) is 2.68. The van der Waals surface area contributed by atoms with Crippen LogP contribution in [0.25, 0.3) is 27.5 Å². The molecule has 5 rings (SSSR count). The van der Waals surface area contributed by atoms with Crippen LogP contribution in [0.15, 0.2) is 83.8 Å². The molecule has 0 saturated heterocycles. The zero-order chi connectivity index (χ0) is 25.1. The van der Waals surface area contributed by atoms with Crippen molar-refractivity contribution in [2.24, 2.45) is 0 Å². The third-order valence-electron chi connectivity index (χ3n) is 6.21. The van der Waals surface area contributed by atoms with Crippen LogP contribution in [0.5, 0.6) is 0 Å². The second-order valence-electron chi connectivity index (χ2n) is 8.56. The van der Waals surface area contributed by atoms with Crippen molar-refractivity contribution in [2.75, 3.05) is 13.7 Å². The zero-order valence-electron chi connectivity index (χ0n) is 19.8. The molecule has 182 valence electrons. The molecule has 5 aromatic rings. The van der Waals surface area contributed by atoms with Crippen molar-refractivity contribution < 1.29 is 14.6 Å². The number of rotatable bonds is 8. The van der Waals surface area contributed by atoms with Gasteiger partial charge >= 0.3 is 0 Å². The Balaban J connectivity index is 1.56. The number of carbonyl (C=O) groups excluding carboxylic acids is 1. The lowest BCUT2D eigenvalue weighted by Crippen LogP contribution is -2.30. The molecule has 3 N–H and O–H groups in total. The van der Waals surface area contributed by atoms with E-state index in [0.29, 0.717) is 17.7 Å². The zero-order valence-corrected chi connectivity index (χ0v) is 19.8. The van der Waals surface area contributed by atoms with E-state index in [1.165, 1.54) is 11.6 Å². The minimum atomic E-state index is -0.445. The van der Waals surface area contributed by atoms with Gasteiger partial charge in [-0.25, -0.2) is 4.52 Å². The molecule has 1 amide bonds. The Morgan fingerprint density at radius 3 is 2.58 bits per heavy atom. The molecule has 36 heavy (non-hydrogen) atoms. The van der Waals surface area contributed by atoms with Crippen molar-refractivity contribution in [2.45, 2.75) is 19.1 Å². The quantitative estimate of drug-likeness (QED) is 0.311. The van der Waals surface area contributed by atoms with E-state index in [1.54, 1.807) is 6.20 Å². The molecule has 0 aliphatic carbocycles. The monoisotopic (exact) mass is 482 g/mol. The molecule has 8 nitrogen and oxygen atoms in total. The Morgan fingerprint density at radius 2 is 1.83 bits per heavy atom. The summed E-state index contributed by atoms with van der Waals surface area (Å²) < 4.78 is 6.75. The third-order valence-corrected chi connectivity index (χ3v) is 6.21. The van der Waals surface area contributed by atoms with E-state index in [4.69, 9.17) is 4.74 Å². The van der Waals surface area contributed by atoms with Crippen LogP contribution >= 0.6 is 0 Å². The van der Waals surface area contributed by atoms with Crippen molar-refractivity contribution >= 4 is 22.2 Å². The number of hydrogen-bond acceptors (Lipinski definition) is 5. The molecular weight excluding hydrogens is 456 g/mol. The number of aliphatic hydroxyl groups excluding tert-OH is 1. The number of benzene rings is 3. The minimum Gasteiger partial charge on any atom is -0.396 e. The highest BCUT2D eigenvalue weighted by molar-refractivity contribution is 5.96. The highest BCUT2D eigenvalue weighted by Crippen LogP contribution is 2.24. The lowest BCUT2D eigenvalue weighted by Gasteiger charge is -2.18. The Labute approximate surface area is 207 Å². The van der Waals surface area contributed by atoms with Gasteiger partial charge in [-0.05, 0) is 28.8 Å². The number of H-pyrrole nitrogens is 1. The van der Waals surface area contributed by atoms with Gasteiger partial charge in [0, 0.05) is 24.8 Å². The van der Waals surface area contributed by atoms with Crippen molar-refractivity contribution in [1.82, 2.24) is 19.9 Å². The van der Waals surface area contributed by atoms with Gasteiger partial charge in [0.15, 0.2) is 5.69 Å². The third kappa shape index (κ3) is 4.51. The lowest BCUT2D eigenvalue weighted by molar-refractivity contribution is 0.0920. The normalized spacial score (nSPS) is 12.2. The van der Waals surface area contributed by atoms with Gasteiger partial charge in [0.2, 0.25) is 0 Å². The molecule has 0 saturated carbocycles. The van der Waals surface area contributed by atoms with Gasteiger partial charge in [-0.3, -0.25) is 9.59 Å². The second kappa shape index (κ2) is 10.2. The Morgan fingerprint density at radius 1 is 1.08 bits per heavy atom. The molecular formula is C28H26N4O4. The van der Waals surface area contributed by atoms with E-state index < -0.39 is 11.9 Å². The molecule has 0 bridgehead atoms. The molecule has 0 aliphatic heterocycles. The van der Waals surface area contributed by atoms with Gasteiger partial charge in [0.1, 0.15) is 5.52 Å². The summed E-state index contributed by atoms with van der Waals surface area (Å²) >= 11 is 0. The van der Waals surface area contributed by atoms with E-state index >= 15 is 0 Å². The number of amides is 1. The van der Waals surface area contributed by atoms with E-state index in [9.17, 15) is 14.7 Å². The number of hydrogen-bond donors (Lipinski definition) is 3. The predicted molar refractivity (Wildman–Crippen MR) is 138 cm³/mol. The van der Waals surface area contributed by atoms with E-state index in [2.05, 4.69) is 15.4 Å². The largest absolute Gasteiger partial charge is 0.396 e. The van der Waals surface area contributed by atoms with Crippen LogP contribution in [0.1, 0.15) is 34.1 Å². The summed E-state index contributed by atoms with van der Waals surface area (Å²) in [7, 11) is 1.50. The Kier molecular flexibility index (Phi) is 6.62. The number of ether oxygens (including phenoxy) is 1. The van der Waals surface area contributed by atoms with Crippen molar-refractivity contribution in [3.63, 3.8) is 0 Å². The van der Waals surface area contributed by atoms with Gasteiger partial charge in [-0.15, -0.1) is 0 Å². The number of aromatic amines is 1. The maximum absolute atomic E-state index is 13.3. The first-order valence-corrected chi connectivity index (χ1v) is 11.7. The molecule has 3 aromatic carbocycles. The molecule has 1 atom stereocenters. The maximum Gasteiger partial charge on any atom is 0.274 e. The molecule has 0 spiro atoms. The number of aliphatic hydroxyl groups is 1. The minimum absolute atomic E-state index is 0.0423. The van der Waals surface area contributed by atoms with E-state index in [1.807, 2.05) is 72.8 Å². The molecule has 2 aromatic heterocycles. The number of aromatic nitrogens is 3. The van der Waals surface area contributed by atoms with Gasteiger partial charge in [-0.1, -0.05) is 66.7 Å². The highest BCUT2D eigenvalue weighted by atomic mass is 16.5. The fourth-order valence-electron chi connectivity index (χ4n) is 4.47. The summed E-state index contributed by atoms with van der Waals surface area (Å²) in [5, 5.41) is 19.1. The summed E-state index contributed by atoms with van der Waals surface area (Å²) in [6, 6.07) is 22.9. The Bertz CT molecular complexity index is 1590. The van der Waals surface area contributed by atoms with Crippen LogP contribution < -0.4 is 10.9 Å². The summed E-state index contributed by atoms with van der Waals surface area (Å²) in [6.07, 6.45) is 2.05. The van der Waals surface area contributed by atoms with Gasteiger partial charge in [-0.2, -0.15) is 5.10 Å². The SMILES string of the molecule is COCc1c(C(=O)NC(CCO)c2ccccc2)nn2cc(-c3ccc4ccccc4c3)[nH]c(=O)c12. The first-order chi connectivity index (χ1) is 17.6. The molecule has 2 heterocycles. The molecule has 0 aliphatic rings. The average Bonchev–Trinajstić information content (AvgIpc) is 3.28. The number of nitrogens with one attached hydrogen (secondary N) is 2. The standard InChI is InChI=1S/C28H26N4O4/c1-36-17-22-25(27(34)29-23(13-14-33)19-8-3-2-4-9-19)31-32-16-24(30-28(35)26(22)32)21-12-11-18-7-5-6-10-20(18)15-21/h2-12,15-16,23,33H,13-14,17H2,1H3,(H,29,34)(H,30,35). The van der Waals surface area contributed by atoms with E-state index in [0.717, 1.165) is 21.9 Å². The smallest absolute Gasteiger partial charge is 0.274 e. The van der Waals surface area contributed by atoms with Crippen molar-refractivity contribution in [3.05, 3.63) is 106 Å². The maximum atomic E-state index is 13.3. The fourth-order valence-corrected chi connectivity index (χ4v) is 4.47. The topological polar surface area (TPSA) is 109 Å². The molecule has 8 heteroatoms. The van der Waals surface area contributed by atoms with Crippen LogP contribution in [0.4, 0.5) is 0 Å². The van der Waals surface area contributed by atoms with Crippen molar-refractivity contribution in [1.29, 1.82) is 0 Å². The van der Waals surface area contributed by atoms with Crippen LogP contribution in [-0.2, 0) is 11.3 Å². The first-order valence-electron chi connectivity index (χ1n) is 11.7. The number of nitrogens with zero attached hydrogens (tertiary/aromatic N) is 2. The van der Waals surface area contributed by atoms with Crippen LogP contribution in [-0.4, -0.2) is 39.3 Å². The number of methoxy groups -OCH3 is 1. The average molecular weight is 483 g/mol. The van der Waals surface area contributed by atoms with E-state index in [-0.39, 0.29) is 30.0 Å². The number of fused-ring (bicyclic) bond motifs is 2. The fraction of sp³-hybridized carbons (Fsp3) is 0.179. The second-order valence-corrected chi connectivity index (χ2v) is 8.56. The van der Waals surface area contributed by atoms with Crippen LogP contribution in [0.2, 0.25) is 0 Å². The number of carbonyl (C=O) groups is 1. The molecule has 1 unspecified atom stereocenters. The molecule has 0 radical (unpaired) electrons. The van der Waals surface area contributed by atoms with Crippen LogP contribution in [0.3, 0.4) is 0 Å².